The second kappa shape index (κ2) is 5.89. The van der Waals surface area contributed by atoms with Crippen molar-refractivity contribution in [1.29, 1.82) is 0 Å². The van der Waals surface area contributed by atoms with Crippen molar-refractivity contribution in [2.75, 3.05) is 0 Å². The third-order valence-corrected chi connectivity index (χ3v) is 6.25. The Morgan fingerprint density at radius 2 is 1.39 bits per heavy atom. The van der Waals surface area contributed by atoms with Gasteiger partial charge in [0.05, 0.1) is 22.1 Å². The molecule has 0 spiro atoms. The van der Waals surface area contributed by atoms with Gasteiger partial charge in [0.25, 0.3) is 0 Å². The minimum atomic E-state index is 0.853. The Hall–Kier alpha value is -4.25. The second-order valence-corrected chi connectivity index (χ2v) is 7.92. The van der Waals surface area contributed by atoms with E-state index in [0.29, 0.717) is 0 Å². The average molecular weight is 399 g/mol. The minimum absolute atomic E-state index is 0.853. The van der Waals surface area contributed by atoms with Gasteiger partial charge in [-0.1, -0.05) is 18.2 Å². The molecule has 5 nitrogen and oxygen atoms in total. The zero-order chi connectivity index (χ0) is 20.5. The maximum atomic E-state index is 5.02. The molecule has 7 rings (SSSR count). The van der Waals surface area contributed by atoms with Crippen LogP contribution in [0.15, 0.2) is 79.1 Å². The molecule has 0 amide bonds. The van der Waals surface area contributed by atoms with E-state index in [-0.39, 0.29) is 0 Å². The number of hydrogen-bond donors (Lipinski definition) is 1. The number of aromatic nitrogens is 5. The van der Waals surface area contributed by atoms with E-state index in [1.54, 1.807) is 0 Å². The highest BCUT2D eigenvalue weighted by Crippen LogP contribution is 2.35. The molecule has 5 heteroatoms. The Balaban J connectivity index is 1.57. The van der Waals surface area contributed by atoms with Crippen molar-refractivity contribution >= 4 is 54.6 Å². The van der Waals surface area contributed by atoms with Gasteiger partial charge in [-0.05, 0) is 48.5 Å². The molecule has 3 aromatic carbocycles. The summed E-state index contributed by atoms with van der Waals surface area (Å²) in [5.74, 6) is 0.853. The van der Waals surface area contributed by atoms with Crippen LogP contribution in [0.5, 0.6) is 0 Å². The van der Waals surface area contributed by atoms with Crippen molar-refractivity contribution in [3.8, 4) is 11.4 Å². The van der Waals surface area contributed by atoms with Crippen molar-refractivity contribution in [3.63, 3.8) is 0 Å². The predicted molar refractivity (Wildman–Crippen MR) is 126 cm³/mol. The molecule has 1 N–H and O–H groups in total. The van der Waals surface area contributed by atoms with Gasteiger partial charge in [0.2, 0.25) is 0 Å². The van der Waals surface area contributed by atoms with E-state index in [1.807, 2.05) is 24.5 Å². The van der Waals surface area contributed by atoms with Crippen LogP contribution >= 0.6 is 0 Å². The lowest BCUT2D eigenvalue weighted by molar-refractivity contribution is 1.01. The molecule has 4 aromatic heterocycles. The van der Waals surface area contributed by atoms with Gasteiger partial charge in [-0.2, -0.15) is 0 Å². The number of hydrogen-bond acceptors (Lipinski definition) is 3. The van der Waals surface area contributed by atoms with E-state index in [2.05, 4.69) is 81.2 Å². The number of aryl methyl sites for hydroxylation is 1. The average Bonchev–Trinajstić information content (AvgIpc) is 3.40. The first-order valence-corrected chi connectivity index (χ1v) is 10.3. The summed E-state index contributed by atoms with van der Waals surface area (Å²) in [7, 11) is 2.11. The first-order chi connectivity index (χ1) is 15.3. The molecule has 0 unspecified atom stereocenters. The zero-order valence-electron chi connectivity index (χ0n) is 16.8. The number of nitrogens with one attached hydrogen (secondary N) is 1. The maximum Gasteiger partial charge on any atom is 0.138 e. The molecule has 0 aliphatic heterocycles. The maximum absolute atomic E-state index is 5.02. The number of H-pyrrole nitrogens is 1. The van der Waals surface area contributed by atoms with Gasteiger partial charge < -0.3 is 9.55 Å². The summed E-state index contributed by atoms with van der Waals surface area (Å²) in [6, 6.07) is 23.1. The molecule has 0 atom stereocenters. The third kappa shape index (κ3) is 2.17. The highest BCUT2D eigenvalue weighted by molar-refractivity contribution is 6.21. The van der Waals surface area contributed by atoms with Gasteiger partial charge in [-0.25, -0.2) is 4.98 Å². The van der Waals surface area contributed by atoms with Crippen LogP contribution < -0.4 is 0 Å². The molecule has 0 aliphatic carbocycles. The molecule has 0 saturated heterocycles. The molecule has 0 aliphatic rings. The van der Waals surface area contributed by atoms with Crippen LogP contribution in [-0.4, -0.2) is 24.5 Å². The Morgan fingerprint density at radius 1 is 0.677 bits per heavy atom. The quantitative estimate of drug-likeness (QED) is 0.346. The molecule has 146 valence electrons. The standard InChI is InChI=1S/C26H17N5/c1-31-20-9-3-2-6-16(20)19-14-15(10-11-21(19)31)26-29-24-17-7-4-12-27-22(17)23-18(25(24)30-26)8-5-13-28-23/h2-14H,1H3,(H,29,30). The summed E-state index contributed by atoms with van der Waals surface area (Å²) in [5.41, 5.74) is 7.21. The number of pyridine rings is 2. The smallest absolute Gasteiger partial charge is 0.138 e. The van der Waals surface area contributed by atoms with E-state index in [1.165, 1.54) is 21.8 Å². The second-order valence-electron chi connectivity index (χ2n) is 7.92. The topological polar surface area (TPSA) is 59.4 Å². The van der Waals surface area contributed by atoms with Crippen LogP contribution in [0.4, 0.5) is 0 Å². The van der Waals surface area contributed by atoms with Crippen LogP contribution in [0.1, 0.15) is 0 Å². The number of para-hydroxylation sites is 1. The van der Waals surface area contributed by atoms with E-state index in [4.69, 9.17) is 4.98 Å². The zero-order valence-corrected chi connectivity index (χ0v) is 16.8. The van der Waals surface area contributed by atoms with Crippen LogP contribution in [0, 0.1) is 0 Å². The Bertz CT molecular complexity index is 1730. The third-order valence-electron chi connectivity index (χ3n) is 6.25. The number of nitrogens with zero attached hydrogens (tertiary/aromatic N) is 4. The summed E-state index contributed by atoms with van der Waals surface area (Å²) in [5, 5.41) is 4.53. The SMILES string of the molecule is Cn1c2ccccc2c2cc(-c3nc4c5cccnc5c5ncccc5c4[nH]3)ccc21. The van der Waals surface area contributed by atoms with Crippen LogP contribution in [-0.2, 0) is 7.05 Å². The predicted octanol–water partition coefficient (Wildman–Crippen LogP) is 5.97. The fourth-order valence-electron chi connectivity index (χ4n) is 4.80. The molecule has 4 heterocycles. The molecule has 31 heavy (non-hydrogen) atoms. The van der Waals surface area contributed by atoms with E-state index in [0.717, 1.165) is 44.2 Å². The van der Waals surface area contributed by atoms with Crippen molar-refractivity contribution < 1.29 is 0 Å². The van der Waals surface area contributed by atoms with Gasteiger partial charge in [-0.3, -0.25) is 9.97 Å². The summed E-state index contributed by atoms with van der Waals surface area (Å²) in [6.07, 6.45) is 3.62. The lowest BCUT2D eigenvalue weighted by atomic mass is 10.1. The van der Waals surface area contributed by atoms with E-state index >= 15 is 0 Å². The number of benzene rings is 3. The molecule has 0 radical (unpaired) electrons. The summed E-state index contributed by atoms with van der Waals surface area (Å²) in [4.78, 5) is 17.8. The Labute approximate surface area is 177 Å². The molecular formula is C26H17N5. The lowest BCUT2D eigenvalue weighted by Gasteiger charge is -2.03. The highest BCUT2D eigenvalue weighted by atomic mass is 14.9. The lowest BCUT2D eigenvalue weighted by Crippen LogP contribution is -1.86. The molecule has 0 fully saturated rings. The molecular weight excluding hydrogens is 382 g/mol. The minimum Gasteiger partial charge on any atom is -0.344 e. The van der Waals surface area contributed by atoms with Gasteiger partial charge in [-0.15, -0.1) is 0 Å². The summed E-state index contributed by atoms with van der Waals surface area (Å²) < 4.78 is 2.24. The van der Waals surface area contributed by atoms with Gasteiger partial charge in [0.15, 0.2) is 0 Å². The van der Waals surface area contributed by atoms with Crippen molar-refractivity contribution in [2.45, 2.75) is 0 Å². The summed E-state index contributed by atoms with van der Waals surface area (Å²) >= 11 is 0. The van der Waals surface area contributed by atoms with Crippen molar-refractivity contribution in [2.24, 2.45) is 7.05 Å². The number of fused-ring (bicyclic) bond motifs is 9. The van der Waals surface area contributed by atoms with Gasteiger partial charge >= 0.3 is 0 Å². The monoisotopic (exact) mass is 399 g/mol. The molecule has 0 bridgehead atoms. The van der Waals surface area contributed by atoms with Gasteiger partial charge in [0.1, 0.15) is 5.82 Å². The largest absolute Gasteiger partial charge is 0.344 e. The fraction of sp³-hybridized carbons (Fsp3) is 0.0385. The van der Waals surface area contributed by atoms with Crippen LogP contribution in [0.2, 0.25) is 0 Å². The van der Waals surface area contributed by atoms with Gasteiger partial charge in [0, 0.05) is 57.6 Å². The number of imidazole rings is 1. The van der Waals surface area contributed by atoms with Crippen molar-refractivity contribution in [1.82, 2.24) is 24.5 Å². The van der Waals surface area contributed by atoms with Crippen LogP contribution in [0.3, 0.4) is 0 Å². The van der Waals surface area contributed by atoms with Crippen molar-refractivity contribution in [3.05, 3.63) is 79.1 Å². The first-order valence-electron chi connectivity index (χ1n) is 10.3. The normalized spacial score (nSPS) is 12.0. The Kier molecular flexibility index (Phi) is 3.14. The fourth-order valence-corrected chi connectivity index (χ4v) is 4.80. The highest BCUT2D eigenvalue weighted by Gasteiger charge is 2.16. The number of rotatable bonds is 1. The number of aromatic amines is 1. The molecule has 0 saturated carbocycles. The first kappa shape index (κ1) is 16.5. The Morgan fingerprint density at radius 3 is 2.26 bits per heavy atom. The molecule has 7 aromatic rings. The summed E-state index contributed by atoms with van der Waals surface area (Å²) in [6.45, 7) is 0. The van der Waals surface area contributed by atoms with E-state index < -0.39 is 0 Å². The van der Waals surface area contributed by atoms with E-state index in [9.17, 15) is 0 Å². The van der Waals surface area contributed by atoms with Crippen LogP contribution in [0.25, 0.3) is 66.0 Å².